The Labute approximate surface area is 173 Å². The van der Waals surface area contributed by atoms with Crippen molar-refractivity contribution in [1.82, 2.24) is 14.9 Å². The summed E-state index contributed by atoms with van der Waals surface area (Å²) in [5.74, 6) is 0.0919. The molecule has 30 heavy (non-hydrogen) atoms. The van der Waals surface area contributed by atoms with Crippen molar-refractivity contribution in [2.75, 3.05) is 13.1 Å². The second-order valence-corrected chi connectivity index (χ2v) is 8.18. The first-order valence-electron chi connectivity index (χ1n) is 10.0. The number of aliphatic hydroxyl groups is 1. The maximum absolute atomic E-state index is 12.9. The summed E-state index contributed by atoms with van der Waals surface area (Å²) in [6, 6.07) is 5.69. The molecule has 1 saturated heterocycles. The molecule has 2 aromatic rings. The number of hydrogen-bond donors (Lipinski definition) is 4. The summed E-state index contributed by atoms with van der Waals surface area (Å²) >= 11 is 0. The number of fused-ring (bicyclic) bond motifs is 1. The van der Waals surface area contributed by atoms with E-state index in [-0.39, 0.29) is 25.3 Å². The fraction of sp³-hybridized carbons (Fsp3) is 0.524. The lowest BCUT2D eigenvalue weighted by Gasteiger charge is -2.43. The summed E-state index contributed by atoms with van der Waals surface area (Å²) in [6.07, 6.45) is 2.10. The standard InChI is InChI=1S/C20H25N3O4.CH2O2/c1-12-21-15-5-4-14(8-16(15)22-12)9-18(25)23-7-6-17(24)20(11-23,19(26)27)10-13-2-3-13;2-1-3/h4-5,8,13,17,24H,2-3,6-7,9-11H2,1H3,(H,21,22)(H,26,27);1H,(H,2,3)/t17-,20+;/m0./s1. The number of imidazole rings is 1. The van der Waals surface area contributed by atoms with Crippen LogP contribution in [0.2, 0.25) is 0 Å². The molecule has 1 aromatic heterocycles. The fourth-order valence-corrected chi connectivity index (χ4v) is 4.21. The summed E-state index contributed by atoms with van der Waals surface area (Å²) in [6.45, 7) is 2.12. The second-order valence-electron chi connectivity index (χ2n) is 8.18. The molecule has 1 saturated carbocycles. The quantitative estimate of drug-likeness (QED) is 0.541. The zero-order valence-corrected chi connectivity index (χ0v) is 16.9. The number of benzene rings is 1. The van der Waals surface area contributed by atoms with Crippen LogP contribution in [-0.4, -0.2) is 67.7 Å². The summed E-state index contributed by atoms with van der Waals surface area (Å²) in [5, 5.41) is 27.2. The maximum atomic E-state index is 12.9. The van der Waals surface area contributed by atoms with Gasteiger partial charge in [-0.1, -0.05) is 18.9 Å². The Balaban J connectivity index is 0.000000806. The molecule has 0 unspecified atom stereocenters. The van der Waals surface area contributed by atoms with E-state index in [1.165, 1.54) is 0 Å². The zero-order valence-electron chi connectivity index (χ0n) is 16.9. The van der Waals surface area contributed by atoms with Crippen molar-refractivity contribution in [3.63, 3.8) is 0 Å². The van der Waals surface area contributed by atoms with Crippen molar-refractivity contribution in [2.24, 2.45) is 11.3 Å². The van der Waals surface area contributed by atoms with Gasteiger partial charge in [0, 0.05) is 13.1 Å². The number of H-pyrrole nitrogens is 1. The monoisotopic (exact) mass is 417 g/mol. The first kappa shape index (κ1) is 21.8. The Morgan fingerprint density at radius 1 is 1.33 bits per heavy atom. The van der Waals surface area contributed by atoms with E-state index in [4.69, 9.17) is 9.90 Å². The molecule has 1 aromatic carbocycles. The summed E-state index contributed by atoms with van der Waals surface area (Å²) in [4.78, 5) is 42.4. The van der Waals surface area contributed by atoms with E-state index in [1.807, 2.05) is 25.1 Å². The number of carboxylic acid groups (broad SMARTS) is 2. The van der Waals surface area contributed by atoms with Gasteiger partial charge in [0.2, 0.25) is 5.91 Å². The lowest BCUT2D eigenvalue weighted by molar-refractivity contribution is -0.167. The average molecular weight is 417 g/mol. The molecule has 2 aliphatic rings. The van der Waals surface area contributed by atoms with E-state index >= 15 is 0 Å². The van der Waals surface area contributed by atoms with E-state index < -0.39 is 17.5 Å². The highest BCUT2D eigenvalue weighted by atomic mass is 16.4. The smallest absolute Gasteiger partial charge is 0.314 e. The predicted octanol–water partition coefficient (Wildman–Crippen LogP) is 1.58. The Bertz CT molecular complexity index is 938. The van der Waals surface area contributed by atoms with Gasteiger partial charge in [0.25, 0.3) is 6.47 Å². The predicted molar refractivity (Wildman–Crippen MR) is 108 cm³/mol. The van der Waals surface area contributed by atoms with Gasteiger partial charge in [-0.05, 0) is 43.4 Å². The van der Waals surface area contributed by atoms with Crippen LogP contribution in [0.3, 0.4) is 0 Å². The Hall–Kier alpha value is -2.94. The number of likely N-dealkylation sites (tertiary alicyclic amines) is 1. The molecular formula is C21H27N3O6. The number of hydrogen-bond acceptors (Lipinski definition) is 5. The molecule has 4 N–H and O–H groups in total. The van der Waals surface area contributed by atoms with Gasteiger partial charge in [-0.15, -0.1) is 0 Å². The zero-order chi connectivity index (χ0) is 21.9. The van der Waals surface area contributed by atoms with Gasteiger partial charge < -0.3 is 25.2 Å². The third kappa shape index (κ3) is 4.62. The molecule has 162 valence electrons. The topological polar surface area (TPSA) is 144 Å². The van der Waals surface area contributed by atoms with Crippen molar-refractivity contribution in [3.05, 3.63) is 29.6 Å². The number of aryl methyl sites for hydroxylation is 1. The van der Waals surface area contributed by atoms with Crippen LogP contribution in [0.25, 0.3) is 11.0 Å². The maximum Gasteiger partial charge on any atom is 0.314 e. The van der Waals surface area contributed by atoms with Gasteiger partial charge in [0.05, 0.1) is 23.6 Å². The first-order valence-corrected chi connectivity index (χ1v) is 10.0. The van der Waals surface area contributed by atoms with E-state index in [1.54, 1.807) is 4.90 Å². The van der Waals surface area contributed by atoms with E-state index in [0.29, 0.717) is 25.3 Å². The first-order chi connectivity index (χ1) is 14.3. The van der Waals surface area contributed by atoms with Gasteiger partial charge in [-0.2, -0.15) is 0 Å². The average Bonchev–Trinajstić information content (AvgIpc) is 3.42. The molecular weight excluding hydrogens is 390 g/mol. The molecule has 1 aliphatic heterocycles. The molecule has 4 rings (SSSR count). The van der Waals surface area contributed by atoms with Crippen molar-refractivity contribution >= 4 is 29.4 Å². The highest BCUT2D eigenvalue weighted by Gasteiger charge is 2.52. The number of carboxylic acids is 1. The van der Waals surface area contributed by atoms with Crippen LogP contribution in [0.5, 0.6) is 0 Å². The van der Waals surface area contributed by atoms with Crippen LogP contribution in [-0.2, 0) is 20.8 Å². The SMILES string of the molecule is Cc1nc2ccc(CC(=O)N3CC[C@H](O)[C@](CC4CC4)(C(=O)O)C3)cc2[nH]1.O=CO. The number of aliphatic carboxylic acids is 1. The number of carbonyl (C=O) groups is 3. The largest absolute Gasteiger partial charge is 0.483 e. The lowest BCUT2D eigenvalue weighted by atomic mass is 9.73. The van der Waals surface area contributed by atoms with Gasteiger partial charge in [-0.25, -0.2) is 4.98 Å². The number of aromatic nitrogens is 2. The molecule has 1 amide bonds. The van der Waals surface area contributed by atoms with Crippen LogP contribution < -0.4 is 0 Å². The minimum atomic E-state index is -1.24. The second kappa shape index (κ2) is 8.83. The Morgan fingerprint density at radius 3 is 2.67 bits per heavy atom. The van der Waals surface area contributed by atoms with Crippen LogP contribution in [0.15, 0.2) is 18.2 Å². The van der Waals surface area contributed by atoms with Gasteiger partial charge in [0.15, 0.2) is 0 Å². The number of aromatic amines is 1. The molecule has 2 heterocycles. The molecule has 1 aliphatic carbocycles. The van der Waals surface area contributed by atoms with Crippen LogP contribution in [0, 0.1) is 18.3 Å². The number of aliphatic hydroxyl groups excluding tert-OH is 1. The van der Waals surface area contributed by atoms with Crippen LogP contribution in [0.1, 0.15) is 37.1 Å². The third-order valence-electron chi connectivity index (χ3n) is 5.93. The van der Waals surface area contributed by atoms with E-state index in [2.05, 4.69) is 9.97 Å². The molecule has 2 fully saturated rings. The minimum Gasteiger partial charge on any atom is -0.483 e. The number of nitrogens with zero attached hydrogens (tertiary/aromatic N) is 2. The number of nitrogens with one attached hydrogen (secondary N) is 1. The summed E-state index contributed by atoms with van der Waals surface area (Å²) < 4.78 is 0. The van der Waals surface area contributed by atoms with Gasteiger partial charge in [-0.3, -0.25) is 14.4 Å². The lowest BCUT2D eigenvalue weighted by Crippen LogP contribution is -2.57. The number of rotatable bonds is 5. The minimum absolute atomic E-state index is 0.0875. The number of carbonyl (C=O) groups excluding carboxylic acids is 1. The van der Waals surface area contributed by atoms with Crippen LogP contribution >= 0.6 is 0 Å². The van der Waals surface area contributed by atoms with E-state index in [9.17, 15) is 19.8 Å². The van der Waals surface area contributed by atoms with Crippen molar-refractivity contribution in [2.45, 2.75) is 45.1 Å². The van der Waals surface area contributed by atoms with Crippen molar-refractivity contribution in [3.8, 4) is 0 Å². The highest BCUT2D eigenvalue weighted by Crippen LogP contribution is 2.45. The van der Waals surface area contributed by atoms with Gasteiger partial charge >= 0.3 is 5.97 Å². The van der Waals surface area contributed by atoms with Crippen molar-refractivity contribution < 1.29 is 29.7 Å². The normalized spacial score (nSPS) is 23.5. The van der Waals surface area contributed by atoms with Gasteiger partial charge in [0.1, 0.15) is 11.2 Å². The number of piperidine rings is 1. The summed E-state index contributed by atoms with van der Waals surface area (Å²) in [7, 11) is 0. The molecule has 0 bridgehead atoms. The molecule has 9 heteroatoms. The highest BCUT2D eigenvalue weighted by molar-refractivity contribution is 5.83. The fourth-order valence-electron chi connectivity index (χ4n) is 4.21. The number of amides is 1. The summed E-state index contributed by atoms with van der Waals surface area (Å²) in [5.41, 5.74) is 1.38. The molecule has 0 spiro atoms. The van der Waals surface area contributed by atoms with Crippen molar-refractivity contribution in [1.29, 1.82) is 0 Å². The van der Waals surface area contributed by atoms with Crippen LogP contribution in [0.4, 0.5) is 0 Å². The molecule has 2 atom stereocenters. The third-order valence-corrected chi connectivity index (χ3v) is 5.93. The Morgan fingerprint density at radius 2 is 2.03 bits per heavy atom. The Kier molecular flexibility index (Phi) is 6.40. The van der Waals surface area contributed by atoms with E-state index in [0.717, 1.165) is 35.3 Å². The molecule has 0 radical (unpaired) electrons. The molecule has 9 nitrogen and oxygen atoms in total.